The van der Waals surface area contributed by atoms with Gasteiger partial charge < -0.3 is 4.52 Å². The van der Waals surface area contributed by atoms with Crippen LogP contribution in [0.4, 0.5) is 5.69 Å². The number of thioether (sulfide) groups is 1. The third-order valence-corrected chi connectivity index (χ3v) is 5.39. The second kappa shape index (κ2) is 8.02. The molecular weight excluding hydrogens is 416 g/mol. The van der Waals surface area contributed by atoms with Crippen molar-refractivity contribution in [2.45, 2.75) is 17.8 Å². The van der Waals surface area contributed by atoms with Crippen LogP contribution in [0, 0.1) is 17.0 Å². The van der Waals surface area contributed by atoms with Gasteiger partial charge in [0.2, 0.25) is 11.7 Å². The molecule has 4 rings (SSSR count). The molecule has 2 aromatic carbocycles. The van der Waals surface area contributed by atoms with E-state index in [0.29, 0.717) is 27.4 Å². The van der Waals surface area contributed by atoms with Crippen LogP contribution in [0.5, 0.6) is 0 Å². The molecule has 0 bridgehead atoms. The topological polar surface area (TPSA) is 113 Å². The Balaban J connectivity index is 1.50. The van der Waals surface area contributed by atoms with Gasteiger partial charge >= 0.3 is 0 Å². The highest BCUT2D eigenvalue weighted by atomic mass is 35.5. The summed E-state index contributed by atoms with van der Waals surface area (Å²) in [6.45, 7) is 1.93. The standard InChI is InChI=1S/C18H13ClN6O3S/c1-11-5-6-13(8-15(11)19)24-10-20-22-18(24)29-9-16-21-17(23-28-16)12-3-2-4-14(7-12)25(26)27/h2-8,10H,9H2,1H3. The minimum absolute atomic E-state index is 0.0342. The zero-order chi connectivity index (χ0) is 20.4. The van der Waals surface area contributed by atoms with Gasteiger partial charge in [-0.25, -0.2) is 0 Å². The first-order valence-electron chi connectivity index (χ1n) is 8.38. The zero-order valence-electron chi connectivity index (χ0n) is 15.0. The van der Waals surface area contributed by atoms with Crippen molar-refractivity contribution < 1.29 is 9.45 Å². The number of halogens is 1. The molecule has 0 amide bonds. The van der Waals surface area contributed by atoms with Crippen molar-refractivity contribution in [3.63, 3.8) is 0 Å². The maximum absolute atomic E-state index is 10.9. The average Bonchev–Trinajstić information content (AvgIpc) is 3.38. The number of aryl methyl sites for hydroxylation is 1. The van der Waals surface area contributed by atoms with Gasteiger partial charge in [0.15, 0.2) is 5.16 Å². The molecular formula is C18H13ClN6O3S. The normalized spacial score (nSPS) is 11.0. The fraction of sp³-hybridized carbons (Fsp3) is 0.111. The molecule has 0 atom stereocenters. The minimum atomic E-state index is -0.468. The molecule has 4 aromatic rings. The van der Waals surface area contributed by atoms with E-state index in [2.05, 4.69) is 20.3 Å². The molecule has 0 aliphatic rings. The van der Waals surface area contributed by atoms with Gasteiger partial charge in [-0.05, 0) is 24.6 Å². The Hall–Kier alpha value is -3.24. The highest BCUT2D eigenvalue weighted by Gasteiger charge is 2.15. The van der Waals surface area contributed by atoms with E-state index < -0.39 is 4.92 Å². The first-order valence-corrected chi connectivity index (χ1v) is 9.74. The van der Waals surface area contributed by atoms with Gasteiger partial charge in [0, 0.05) is 22.7 Å². The van der Waals surface area contributed by atoms with Crippen molar-refractivity contribution in [2.75, 3.05) is 0 Å². The van der Waals surface area contributed by atoms with E-state index in [-0.39, 0.29) is 11.5 Å². The number of non-ortho nitro benzene ring substituents is 1. The molecule has 0 spiro atoms. The molecule has 11 heteroatoms. The van der Waals surface area contributed by atoms with Crippen LogP contribution in [-0.2, 0) is 5.75 Å². The smallest absolute Gasteiger partial charge is 0.270 e. The van der Waals surface area contributed by atoms with E-state index in [1.165, 1.54) is 23.9 Å². The summed E-state index contributed by atoms with van der Waals surface area (Å²) in [6.07, 6.45) is 1.60. The van der Waals surface area contributed by atoms with E-state index >= 15 is 0 Å². The number of rotatable bonds is 6. The summed E-state index contributed by atoms with van der Waals surface area (Å²) in [5.41, 5.74) is 2.30. The number of nitro benzene ring substituents is 1. The summed E-state index contributed by atoms with van der Waals surface area (Å²) in [4.78, 5) is 14.8. The molecule has 0 N–H and O–H groups in total. The summed E-state index contributed by atoms with van der Waals surface area (Å²) in [5.74, 6) is 1.02. The van der Waals surface area contributed by atoms with Crippen molar-refractivity contribution in [1.82, 2.24) is 24.9 Å². The van der Waals surface area contributed by atoms with Gasteiger partial charge in [-0.2, -0.15) is 4.98 Å². The van der Waals surface area contributed by atoms with Crippen molar-refractivity contribution in [3.8, 4) is 17.1 Å². The SMILES string of the molecule is Cc1ccc(-n2cnnc2SCc2nc(-c3cccc([N+](=O)[O-])c3)no2)cc1Cl. The molecule has 2 aromatic heterocycles. The summed E-state index contributed by atoms with van der Waals surface area (Å²) >= 11 is 7.58. The summed E-state index contributed by atoms with van der Waals surface area (Å²) in [7, 11) is 0. The van der Waals surface area contributed by atoms with Gasteiger partial charge in [-0.3, -0.25) is 14.7 Å². The monoisotopic (exact) mass is 428 g/mol. The fourth-order valence-electron chi connectivity index (χ4n) is 2.55. The van der Waals surface area contributed by atoms with Crippen molar-refractivity contribution in [3.05, 3.63) is 75.4 Å². The highest BCUT2D eigenvalue weighted by molar-refractivity contribution is 7.98. The van der Waals surface area contributed by atoms with Crippen molar-refractivity contribution in [1.29, 1.82) is 0 Å². The van der Waals surface area contributed by atoms with Gasteiger partial charge in [0.25, 0.3) is 5.69 Å². The molecule has 2 heterocycles. The van der Waals surface area contributed by atoms with Gasteiger partial charge in [0.05, 0.1) is 16.4 Å². The Bertz CT molecular complexity index is 1190. The van der Waals surface area contributed by atoms with Gasteiger partial charge in [-0.1, -0.05) is 46.7 Å². The summed E-state index contributed by atoms with van der Waals surface area (Å²) in [5, 5.41) is 24.2. The second-order valence-corrected chi connectivity index (χ2v) is 7.37. The lowest BCUT2D eigenvalue weighted by Gasteiger charge is -2.07. The first-order chi connectivity index (χ1) is 14.0. The number of hydrogen-bond acceptors (Lipinski definition) is 8. The number of nitro groups is 1. The number of benzene rings is 2. The van der Waals surface area contributed by atoms with Crippen LogP contribution in [0.3, 0.4) is 0 Å². The fourth-order valence-corrected chi connectivity index (χ4v) is 3.49. The maximum atomic E-state index is 10.9. The van der Waals surface area contributed by atoms with Crippen LogP contribution < -0.4 is 0 Å². The molecule has 0 aliphatic heterocycles. The minimum Gasteiger partial charge on any atom is -0.338 e. The molecule has 0 fully saturated rings. The van der Waals surface area contributed by atoms with E-state index in [1.807, 2.05) is 29.7 Å². The van der Waals surface area contributed by atoms with Gasteiger partial charge in [0.1, 0.15) is 6.33 Å². The lowest BCUT2D eigenvalue weighted by atomic mass is 10.2. The summed E-state index contributed by atoms with van der Waals surface area (Å²) < 4.78 is 7.08. The van der Waals surface area contributed by atoms with Crippen molar-refractivity contribution >= 4 is 29.1 Å². The molecule has 0 radical (unpaired) electrons. The van der Waals surface area contributed by atoms with Crippen molar-refractivity contribution in [2.24, 2.45) is 0 Å². The quantitative estimate of drug-likeness (QED) is 0.251. The maximum Gasteiger partial charge on any atom is 0.270 e. The molecule has 146 valence electrons. The molecule has 0 unspecified atom stereocenters. The lowest BCUT2D eigenvalue weighted by molar-refractivity contribution is -0.384. The van der Waals surface area contributed by atoms with Crippen LogP contribution in [0.2, 0.25) is 5.02 Å². The molecule has 0 saturated carbocycles. The van der Waals surface area contributed by atoms with Crippen LogP contribution in [0.15, 0.2) is 58.5 Å². The van der Waals surface area contributed by atoms with E-state index in [0.717, 1.165) is 11.3 Å². The number of hydrogen-bond donors (Lipinski definition) is 0. The number of aromatic nitrogens is 5. The molecule has 29 heavy (non-hydrogen) atoms. The Labute approximate surface area is 173 Å². The largest absolute Gasteiger partial charge is 0.338 e. The van der Waals surface area contributed by atoms with E-state index in [4.69, 9.17) is 16.1 Å². The third-order valence-electron chi connectivity index (χ3n) is 4.06. The predicted octanol–water partition coefficient (Wildman–Crippen LogP) is 4.48. The van der Waals surface area contributed by atoms with Crippen LogP contribution >= 0.6 is 23.4 Å². The Morgan fingerprint density at radius 3 is 2.93 bits per heavy atom. The van der Waals surface area contributed by atoms with Gasteiger partial charge in [-0.15, -0.1) is 10.2 Å². The van der Waals surface area contributed by atoms with E-state index in [1.54, 1.807) is 18.5 Å². The average molecular weight is 429 g/mol. The Morgan fingerprint density at radius 2 is 2.14 bits per heavy atom. The molecule has 0 saturated heterocycles. The van der Waals surface area contributed by atoms with Crippen LogP contribution in [0.25, 0.3) is 17.1 Å². The zero-order valence-corrected chi connectivity index (χ0v) is 16.6. The van der Waals surface area contributed by atoms with E-state index in [9.17, 15) is 10.1 Å². The lowest BCUT2D eigenvalue weighted by Crippen LogP contribution is -1.96. The van der Waals surface area contributed by atoms with Crippen LogP contribution in [-0.4, -0.2) is 29.8 Å². The second-order valence-electron chi connectivity index (χ2n) is 6.02. The van der Waals surface area contributed by atoms with Crippen LogP contribution in [0.1, 0.15) is 11.5 Å². The Morgan fingerprint density at radius 1 is 1.28 bits per heavy atom. The number of nitrogens with zero attached hydrogens (tertiary/aromatic N) is 6. The Kier molecular flexibility index (Phi) is 5.28. The first kappa shape index (κ1) is 19.1. The molecule has 9 nitrogen and oxygen atoms in total. The summed E-state index contributed by atoms with van der Waals surface area (Å²) in [6, 6.07) is 11.8. The highest BCUT2D eigenvalue weighted by Crippen LogP contribution is 2.27. The predicted molar refractivity (Wildman–Crippen MR) is 107 cm³/mol. The molecule has 0 aliphatic carbocycles. The third kappa shape index (κ3) is 4.13.